The predicted octanol–water partition coefficient (Wildman–Crippen LogP) is -1.31. The first-order chi connectivity index (χ1) is 6.38. The van der Waals surface area contributed by atoms with Crippen molar-refractivity contribution in [3.8, 4) is 0 Å². The summed E-state index contributed by atoms with van der Waals surface area (Å²) in [6.07, 6.45) is 0. The van der Waals surface area contributed by atoms with Crippen LogP contribution in [-0.2, 0) is 10.3 Å². The molecule has 0 heterocycles. The Morgan fingerprint density at radius 1 is 1.33 bits per heavy atom. The van der Waals surface area contributed by atoms with Gasteiger partial charge >= 0.3 is 29.6 Å². The molecule has 0 aliphatic rings. The molecule has 15 heavy (non-hydrogen) atoms. The fourth-order valence-corrected chi connectivity index (χ4v) is 1.52. The van der Waals surface area contributed by atoms with Gasteiger partial charge in [-0.05, 0) is 23.6 Å². The van der Waals surface area contributed by atoms with Crippen LogP contribution in [0.15, 0.2) is 24.3 Å². The molecule has 1 aromatic rings. The minimum absolute atomic E-state index is 0. The smallest absolute Gasteiger partial charge is 0.731 e. The molecular formula is C9H12NNaO3S. The maximum absolute atomic E-state index is 10.4. The zero-order valence-corrected chi connectivity index (χ0v) is 11.8. The standard InChI is InChI=1S/C9H13NO3S.Na/c1-7(2)8-4-3-5-9(6-8)10-14(11,12)13;/h3-7,10H,1-2H3,(H,11,12,13);/q;+1/p-1. The van der Waals surface area contributed by atoms with E-state index >= 15 is 0 Å². The van der Waals surface area contributed by atoms with Crippen LogP contribution in [0.3, 0.4) is 0 Å². The Balaban J connectivity index is 0.00000196. The molecule has 0 spiro atoms. The Kier molecular flexibility index (Phi) is 5.84. The van der Waals surface area contributed by atoms with Crippen LogP contribution in [0.25, 0.3) is 0 Å². The van der Waals surface area contributed by atoms with Crippen molar-refractivity contribution in [3.05, 3.63) is 29.8 Å². The molecule has 0 saturated carbocycles. The van der Waals surface area contributed by atoms with Crippen LogP contribution in [0.1, 0.15) is 25.3 Å². The summed E-state index contributed by atoms with van der Waals surface area (Å²) in [6.45, 7) is 3.98. The number of benzene rings is 1. The third-order valence-corrected chi connectivity index (χ3v) is 2.28. The van der Waals surface area contributed by atoms with E-state index in [-0.39, 0.29) is 29.6 Å². The molecule has 1 N–H and O–H groups in total. The van der Waals surface area contributed by atoms with Gasteiger partial charge in [-0.1, -0.05) is 26.0 Å². The second-order valence-electron chi connectivity index (χ2n) is 3.34. The van der Waals surface area contributed by atoms with Crippen LogP contribution in [0.4, 0.5) is 5.69 Å². The zero-order chi connectivity index (χ0) is 10.8. The fraction of sp³-hybridized carbons (Fsp3) is 0.333. The van der Waals surface area contributed by atoms with Gasteiger partial charge in [0.05, 0.1) is 0 Å². The number of rotatable bonds is 3. The van der Waals surface area contributed by atoms with Gasteiger partial charge in [-0.15, -0.1) is 0 Å². The van der Waals surface area contributed by atoms with Gasteiger partial charge < -0.3 is 4.55 Å². The molecular weight excluding hydrogens is 225 g/mol. The SMILES string of the molecule is CC(C)c1cccc(NS(=O)(=O)[O-])c1.[Na+]. The van der Waals surface area contributed by atoms with E-state index in [1.807, 2.05) is 24.6 Å². The normalized spacial score (nSPS) is 10.9. The third-order valence-electron chi connectivity index (χ3n) is 1.80. The zero-order valence-electron chi connectivity index (χ0n) is 9.02. The van der Waals surface area contributed by atoms with Crippen LogP contribution >= 0.6 is 0 Å². The van der Waals surface area contributed by atoms with E-state index in [9.17, 15) is 13.0 Å². The molecule has 0 fully saturated rings. The minimum Gasteiger partial charge on any atom is -0.731 e. The topological polar surface area (TPSA) is 69.2 Å². The van der Waals surface area contributed by atoms with E-state index in [4.69, 9.17) is 0 Å². The molecule has 0 radical (unpaired) electrons. The first kappa shape index (κ1) is 14.9. The number of anilines is 1. The summed E-state index contributed by atoms with van der Waals surface area (Å²) in [6, 6.07) is 6.79. The molecule has 1 aromatic carbocycles. The van der Waals surface area contributed by atoms with E-state index in [0.717, 1.165) is 5.56 Å². The first-order valence-corrected chi connectivity index (χ1v) is 5.63. The van der Waals surface area contributed by atoms with Gasteiger partial charge in [-0.3, -0.25) is 4.72 Å². The van der Waals surface area contributed by atoms with Crippen molar-refractivity contribution in [1.29, 1.82) is 0 Å². The summed E-state index contributed by atoms with van der Waals surface area (Å²) in [4.78, 5) is 0. The largest absolute Gasteiger partial charge is 1.00 e. The van der Waals surface area contributed by atoms with Gasteiger partial charge in [0.1, 0.15) is 0 Å². The second-order valence-corrected chi connectivity index (χ2v) is 4.45. The monoisotopic (exact) mass is 237 g/mol. The summed E-state index contributed by atoms with van der Waals surface area (Å²) in [5.41, 5.74) is 1.30. The van der Waals surface area contributed by atoms with E-state index in [2.05, 4.69) is 0 Å². The summed E-state index contributed by atoms with van der Waals surface area (Å²) in [5, 5.41) is 0. The second kappa shape index (κ2) is 5.86. The van der Waals surface area contributed by atoms with Crippen LogP contribution in [0.2, 0.25) is 0 Å². The number of hydrogen-bond acceptors (Lipinski definition) is 3. The first-order valence-electron chi connectivity index (χ1n) is 4.22. The van der Waals surface area contributed by atoms with E-state index in [1.165, 1.54) is 0 Å². The van der Waals surface area contributed by atoms with Crippen molar-refractivity contribution in [1.82, 2.24) is 0 Å². The van der Waals surface area contributed by atoms with Crippen molar-refractivity contribution in [2.45, 2.75) is 19.8 Å². The Hall–Kier alpha value is -0.0700. The van der Waals surface area contributed by atoms with E-state index in [1.54, 1.807) is 18.2 Å². The average Bonchev–Trinajstić information content (AvgIpc) is 2.01. The van der Waals surface area contributed by atoms with Gasteiger partial charge in [0.25, 0.3) is 0 Å². The Bertz CT molecular complexity index is 417. The Labute approximate surface area is 112 Å². The van der Waals surface area contributed by atoms with Crippen LogP contribution in [0.5, 0.6) is 0 Å². The van der Waals surface area contributed by atoms with E-state index < -0.39 is 10.3 Å². The van der Waals surface area contributed by atoms with Crippen LogP contribution in [-0.4, -0.2) is 13.0 Å². The summed E-state index contributed by atoms with van der Waals surface area (Å²) in [7, 11) is -4.42. The maximum atomic E-state index is 10.4. The molecule has 78 valence electrons. The number of hydrogen-bond donors (Lipinski definition) is 1. The molecule has 0 aliphatic carbocycles. The quantitative estimate of drug-likeness (QED) is 0.524. The Morgan fingerprint density at radius 3 is 2.40 bits per heavy atom. The van der Waals surface area contributed by atoms with Crippen molar-refractivity contribution < 1.29 is 42.5 Å². The van der Waals surface area contributed by atoms with Crippen LogP contribution < -0.4 is 34.3 Å². The van der Waals surface area contributed by atoms with Gasteiger partial charge in [0.15, 0.2) is 10.3 Å². The van der Waals surface area contributed by atoms with Crippen molar-refractivity contribution in [2.75, 3.05) is 4.72 Å². The number of nitrogens with one attached hydrogen (secondary N) is 1. The van der Waals surface area contributed by atoms with Crippen molar-refractivity contribution in [3.63, 3.8) is 0 Å². The minimum atomic E-state index is -4.42. The molecule has 0 aromatic heterocycles. The maximum Gasteiger partial charge on any atom is 1.00 e. The summed E-state index contributed by atoms with van der Waals surface area (Å²) >= 11 is 0. The molecule has 0 bridgehead atoms. The van der Waals surface area contributed by atoms with Gasteiger partial charge in [-0.25, -0.2) is 8.42 Å². The van der Waals surface area contributed by atoms with E-state index in [0.29, 0.717) is 11.6 Å². The summed E-state index contributed by atoms with van der Waals surface area (Å²) < 4.78 is 33.1. The third kappa shape index (κ3) is 5.53. The molecule has 6 heteroatoms. The molecule has 4 nitrogen and oxygen atoms in total. The molecule has 0 aliphatic heterocycles. The molecule has 0 saturated heterocycles. The molecule has 0 unspecified atom stereocenters. The average molecular weight is 237 g/mol. The van der Waals surface area contributed by atoms with Crippen molar-refractivity contribution in [2.24, 2.45) is 0 Å². The van der Waals surface area contributed by atoms with Gasteiger partial charge in [-0.2, -0.15) is 0 Å². The molecule has 0 amide bonds. The van der Waals surface area contributed by atoms with Crippen molar-refractivity contribution >= 4 is 16.0 Å². The predicted molar refractivity (Wildman–Crippen MR) is 53.9 cm³/mol. The molecule has 1 rings (SSSR count). The Morgan fingerprint density at radius 2 is 1.93 bits per heavy atom. The summed E-state index contributed by atoms with van der Waals surface area (Å²) in [5.74, 6) is 0.297. The van der Waals surface area contributed by atoms with Crippen LogP contribution in [0, 0.1) is 0 Å². The van der Waals surface area contributed by atoms with Gasteiger partial charge in [0.2, 0.25) is 0 Å². The molecule has 0 atom stereocenters. The fourth-order valence-electron chi connectivity index (χ4n) is 1.11. The van der Waals surface area contributed by atoms with Gasteiger partial charge in [0, 0.05) is 5.69 Å².